The van der Waals surface area contributed by atoms with Gasteiger partial charge in [-0.3, -0.25) is 4.79 Å². The van der Waals surface area contributed by atoms with Crippen molar-refractivity contribution in [1.29, 1.82) is 0 Å². The summed E-state index contributed by atoms with van der Waals surface area (Å²) in [4.78, 5) is 14.7. The Morgan fingerprint density at radius 1 is 1.14 bits per heavy atom. The van der Waals surface area contributed by atoms with Crippen molar-refractivity contribution in [3.05, 3.63) is 18.2 Å². The van der Waals surface area contributed by atoms with E-state index in [4.69, 9.17) is 14.2 Å². The lowest BCUT2D eigenvalue weighted by Gasteiger charge is -2.37. The number of morpholine rings is 1. The minimum Gasteiger partial charge on any atom is -0.497 e. The maximum Gasteiger partial charge on any atom is 0.242 e. The molecule has 1 aromatic rings. The number of methoxy groups -OCH3 is 2. The monoisotopic (exact) mass is 435 g/mol. The van der Waals surface area contributed by atoms with Crippen molar-refractivity contribution in [2.45, 2.75) is 38.0 Å². The number of benzene rings is 1. The van der Waals surface area contributed by atoms with Crippen LogP contribution in [0.5, 0.6) is 11.5 Å². The number of hydrogen-bond acceptors (Lipinski definition) is 6. The van der Waals surface area contributed by atoms with Crippen molar-refractivity contribution in [1.82, 2.24) is 10.2 Å². The van der Waals surface area contributed by atoms with Crippen LogP contribution in [-0.2, 0) is 9.53 Å². The Kier molecular flexibility index (Phi) is 10.2. The molecule has 9 heteroatoms. The Balaban J connectivity index is 0.00000196. The van der Waals surface area contributed by atoms with Crippen molar-refractivity contribution in [3.8, 4) is 11.5 Å². The second-order valence-electron chi connectivity index (χ2n) is 6.85. The number of nitrogens with zero attached hydrogens (tertiary/aromatic N) is 1. The van der Waals surface area contributed by atoms with Gasteiger partial charge in [-0.25, -0.2) is 0 Å². The van der Waals surface area contributed by atoms with Crippen LogP contribution < -0.4 is 20.1 Å². The molecule has 2 saturated heterocycles. The SMILES string of the molecule is COc1cc(NC2CCN(C(=O)[C@H]3NCCO[C@@H]3C)CC2)cc(OC)c1.Cl.Cl. The van der Waals surface area contributed by atoms with Crippen LogP contribution in [0.2, 0.25) is 0 Å². The highest BCUT2D eigenvalue weighted by molar-refractivity contribution is 5.85. The number of anilines is 1. The molecule has 0 saturated carbocycles. The van der Waals surface area contributed by atoms with E-state index in [0.717, 1.165) is 49.7 Å². The summed E-state index contributed by atoms with van der Waals surface area (Å²) in [7, 11) is 3.29. The Labute approximate surface area is 179 Å². The van der Waals surface area contributed by atoms with Crippen LogP contribution in [0.4, 0.5) is 5.69 Å². The lowest BCUT2D eigenvalue weighted by Crippen LogP contribution is -2.58. The van der Waals surface area contributed by atoms with Gasteiger partial charge in [-0.1, -0.05) is 0 Å². The Morgan fingerprint density at radius 3 is 2.29 bits per heavy atom. The van der Waals surface area contributed by atoms with E-state index < -0.39 is 0 Å². The normalized spacial score (nSPS) is 22.5. The number of carbonyl (C=O) groups excluding carboxylic acids is 1. The topological polar surface area (TPSA) is 72.1 Å². The van der Waals surface area contributed by atoms with E-state index in [2.05, 4.69) is 10.6 Å². The van der Waals surface area contributed by atoms with Crippen LogP contribution in [0.3, 0.4) is 0 Å². The summed E-state index contributed by atoms with van der Waals surface area (Å²) in [6, 6.07) is 5.88. The second kappa shape index (κ2) is 11.6. The first-order chi connectivity index (χ1) is 12.6. The smallest absolute Gasteiger partial charge is 0.242 e. The lowest BCUT2D eigenvalue weighted by atomic mass is 10.0. The quantitative estimate of drug-likeness (QED) is 0.739. The van der Waals surface area contributed by atoms with Crippen molar-refractivity contribution in [2.24, 2.45) is 0 Å². The number of amides is 1. The predicted octanol–water partition coefficient (Wildman–Crippen LogP) is 2.33. The molecule has 0 unspecified atom stereocenters. The average Bonchev–Trinajstić information content (AvgIpc) is 2.68. The molecular weight excluding hydrogens is 405 g/mol. The van der Waals surface area contributed by atoms with Crippen LogP contribution in [-0.4, -0.2) is 69.5 Å². The largest absolute Gasteiger partial charge is 0.497 e. The number of likely N-dealkylation sites (tertiary alicyclic amines) is 1. The fraction of sp³-hybridized carbons (Fsp3) is 0.632. The van der Waals surface area contributed by atoms with E-state index in [1.54, 1.807) is 14.2 Å². The highest BCUT2D eigenvalue weighted by Crippen LogP contribution is 2.27. The molecule has 1 amide bonds. The molecule has 0 bridgehead atoms. The summed E-state index contributed by atoms with van der Waals surface area (Å²) < 4.78 is 16.2. The summed E-state index contributed by atoms with van der Waals surface area (Å²) in [5.41, 5.74) is 0.974. The third-order valence-corrected chi connectivity index (χ3v) is 5.11. The zero-order chi connectivity index (χ0) is 18.5. The third kappa shape index (κ3) is 6.04. The van der Waals surface area contributed by atoms with E-state index in [0.29, 0.717) is 12.6 Å². The highest BCUT2D eigenvalue weighted by Gasteiger charge is 2.33. The molecule has 0 aliphatic carbocycles. The molecule has 2 atom stereocenters. The number of piperidine rings is 1. The van der Waals surface area contributed by atoms with Gasteiger partial charge < -0.3 is 29.7 Å². The molecule has 0 aromatic heterocycles. The predicted molar refractivity (Wildman–Crippen MR) is 114 cm³/mol. The molecule has 2 aliphatic rings. The second-order valence-corrected chi connectivity index (χ2v) is 6.85. The average molecular weight is 436 g/mol. The molecule has 2 N–H and O–H groups in total. The maximum atomic E-state index is 12.7. The van der Waals surface area contributed by atoms with Gasteiger partial charge in [0.05, 0.1) is 26.9 Å². The van der Waals surface area contributed by atoms with Crippen molar-refractivity contribution in [3.63, 3.8) is 0 Å². The first kappa shape index (κ1) is 24.6. The molecule has 160 valence electrons. The van der Waals surface area contributed by atoms with Gasteiger partial charge in [-0.15, -0.1) is 24.8 Å². The fourth-order valence-electron chi connectivity index (χ4n) is 3.58. The van der Waals surface area contributed by atoms with Gasteiger partial charge in [-0.05, 0) is 19.8 Å². The third-order valence-electron chi connectivity index (χ3n) is 5.11. The zero-order valence-corrected chi connectivity index (χ0v) is 18.2. The minimum atomic E-state index is -0.226. The molecule has 3 rings (SSSR count). The molecule has 2 fully saturated rings. The summed E-state index contributed by atoms with van der Waals surface area (Å²) in [6.07, 6.45) is 1.75. The summed E-state index contributed by atoms with van der Waals surface area (Å²) >= 11 is 0. The van der Waals surface area contributed by atoms with Gasteiger partial charge >= 0.3 is 0 Å². The van der Waals surface area contributed by atoms with Crippen LogP contribution in [0, 0.1) is 0 Å². The van der Waals surface area contributed by atoms with E-state index >= 15 is 0 Å². The number of rotatable bonds is 5. The molecule has 0 radical (unpaired) electrons. The van der Waals surface area contributed by atoms with Crippen LogP contribution in [0.25, 0.3) is 0 Å². The first-order valence-corrected chi connectivity index (χ1v) is 9.24. The fourth-order valence-corrected chi connectivity index (χ4v) is 3.58. The number of hydrogen-bond donors (Lipinski definition) is 2. The van der Waals surface area contributed by atoms with E-state index in [1.807, 2.05) is 30.0 Å². The standard InChI is InChI=1S/C19H29N3O4.2ClH/c1-13-18(20-6-9-26-13)19(23)22-7-4-14(5-8-22)21-15-10-16(24-2)12-17(11-15)25-3;;/h10-14,18,20-21H,4-9H2,1-3H3;2*1H/t13-,18+;;/m1../s1. The van der Waals surface area contributed by atoms with Crippen LogP contribution in [0.1, 0.15) is 19.8 Å². The molecule has 1 aromatic carbocycles. The lowest BCUT2D eigenvalue weighted by molar-refractivity contribution is -0.140. The van der Waals surface area contributed by atoms with E-state index in [1.165, 1.54) is 0 Å². The number of carbonyl (C=O) groups is 1. The molecule has 2 aliphatic heterocycles. The van der Waals surface area contributed by atoms with Gasteiger partial charge in [0.25, 0.3) is 0 Å². The van der Waals surface area contributed by atoms with Crippen LogP contribution >= 0.6 is 24.8 Å². The maximum absolute atomic E-state index is 12.7. The van der Waals surface area contributed by atoms with Gasteiger partial charge in [-0.2, -0.15) is 0 Å². The summed E-state index contributed by atoms with van der Waals surface area (Å²) in [5, 5.41) is 6.82. The molecule has 28 heavy (non-hydrogen) atoms. The molecule has 2 heterocycles. The van der Waals surface area contributed by atoms with Gasteiger partial charge in [0.15, 0.2) is 0 Å². The van der Waals surface area contributed by atoms with Gasteiger partial charge in [0.2, 0.25) is 5.91 Å². The number of halogens is 2. The molecule has 0 spiro atoms. The Hall–Kier alpha value is -1.41. The minimum absolute atomic E-state index is 0. The molecule has 7 nitrogen and oxygen atoms in total. The Morgan fingerprint density at radius 2 is 1.75 bits per heavy atom. The summed E-state index contributed by atoms with van der Waals surface area (Å²) in [5.74, 6) is 1.67. The van der Waals surface area contributed by atoms with E-state index in [-0.39, 0.29) is 42.9 Å². The highest BCUT2D eigenvalue weighted by atomic mass is 35.5. The Bertz CT molecular complexity index is 605. The van der Waals surface area contributed by atoms with Crippen molar-refractivity contribution >= 4 is 36.4 Å². The zero-order valence-electron chi connectivity index (χ0n) is 16.6. The van der Waals surface area contributed by atoms with Crippen molar-refractivity contribution in [2.75, 3.05) is 45.8 Å². The summed E-state index contributed by atoms with van der Waals surface area (Å²) in [6.45, 7) is 4.86. The molecular formula is C19H31Cl2N3O4. The number of ether oxygens (including phenoxy) is 3. The van der Waals surface area contributed by atoms with E-state index in [9.17, 15) is 4.79 Å². The van der Waals surface area contributed by atoms with Crippen molar-refractivity contribution < 1.29 is 19.0 Å². The van der Waals surface area contributed by atoms with Crippen LogP contribution in [0.15, 0.2) is 18.2 Å². The van der Waals surface area contributed by atoms with Gasteiger partial charge in [0, 0.05) is 49.6 Å². The first-order valence-electron chi connectivity index (χ1n) is 9.24. The number of nitrogens with one attached hydrogen (secondary N) is 2. The van der Waals surface area contributed by atoms with Gasteiger partial charge in [0.1, 0.15) is 17.5 Å².